The molecule has 0 saturated carbocycles. The SMILES string of the molecule is C[C@H]1C[C@H](N2C(=O)N[C@]3(CCc4ccccc43)C2=O)C(=O)O1. The zero-order valence-corrected chi connectivity index (χ0v) is 12.2. The number of carbonyl (C=O) groups is 3. The minimum Gasteiger partial charge on any atom is -0.461 e. The molecule has 6 heteroatoms. The van der Waals surface area contributed by atoms with Crippen LogP contribution >= 0.6 is 0 Å². The molecule has 114 valence electrons. The number of carbonyl (C=O) groups excluding carboxylic acids is 3. The second-order valence-electron chi connectivity index (χ2n) is 6.17. The summed E-state index contributed by atoms with van der Waals surface area (Å²) < 4.78 is 5.09. The lowest BCUT2D eigenvalue weighted by Crippen LogP contribution is -2.45. The maximum absolute atomic E-state index is 13.0. The highest BCUT2D eigenvalue weighted by Gasteiger charge is 2.59. The third-order valence-corrected chi connectivity index (χ3v) is 4.83. The molecule has 2 heterocycles. The first-order valence-corrected chi connectivity index (χ1v) is 7.47. The second-order valence-corrected chi connectivity index (χ2v) is 6.17. The lowest BCUT2D eigenvalue weighted by molar-refractivity contribution is -0.147. The third kappa shape index (κ3) is 1.58. The van der Waals surface area contributed by atoms with E-state index in [2.05, 4.69) is 5.32 Å². The first-order valence-electron chi connectivity index (χ1n) is 7.47. The van der Waals surface area contributed by atoms with Crippen LogP contribution in [0.25, 0.3) is 0 Å². The van der Waals surface area contributed by atoms with Crippen LogP contribution in [0.3, 0.4) is 0 Å². The normalized spacial score (nSPS) is 33.3. The Labute approximate surface area is 127 Å². The molecule has 2 fully saturated rings. The summed E-state index contributed by atoms with van der Waals surface area (Å²) >= 11 is 0. The molecule has 1 aromatic carbocycles. The highest BCUT2D eigenvalue weighted by molar-refractivity contribution is 6.10. The van der Waals surface area contributed by atoms with Crippen molar-refractivity contribution in [1.82, 2.24) is 10.2 Å². The number of nitrogens with one attached hydrogen (secondary N) is 1. The largest absolute Gasteiger partial charge is 0.461 e. The van der Waals surface area contributed by atoms with Crippen molar-refractivity contribution in [3.8, 4) is 0 Å². The molecule has 2 saturated heterocycles. The number of esters is 1. The number of fused-ring (bicyclic) bond motifs is 2. The molecule has 3 amide bonds. The number of imide groups is 1. The Balaban J connectivity index is 1.74. The second kappa shape index (κ2) is 4.32. The van der Waals surface area contributed by atoms with E-state index in [4.69, 9.17) is 4.74 Å². The van der Waals surface area contributed by atoms with Gasteiger partial charge in [-0.1, -0.05) is 24.3 Å². The van der Waals surface area contributed by atoms with E-state index in [0.29, 0.717) is 12.8 Å². The van der Waals surface area contributed by atoms with Gasteiger partial charge in [-0.25, -0.2) is 14.5 Å². The number of ether oxygens (including phenoxy) is 1. The fourth-order valence-electron chi connectivity index (χ4n) is 3.79. The van der Waals surface area contributed by atoms with Gasteiger partial charge in [0.2, 0.25) is 0 Å². The van der Waals surface area contributed by atoms with Gasteiger partial charge >= 0.3 is 12.0 Å². The molecule has 1 N–H and O–H groups in total. The molecule has 0 unspecified atom stereocenters. The molecule has 3 aliphatic rings. The van der Waals surface area contributed by atoms with E-state index in [1.54, 1.807) is 6.92 Å². The van der Waals surface area contributed by atoms with Crippen molar-refractivity contribution in [1.29, 1.82) is 0 Å². The van der Waals surface area contributed by atoms with Crippen LogP contribution in [0.5, 0.6) is 0 Å². The lowest BCUT2D eigenvalue weighted by atomic mass is 9.91. The summed E-state index contributed by atoms with van der Waals surface area (Å²) in [7, 11) is 0. The minimum atomic E-state index is -1.01. The van der Waals surface area contributed by atoms with Crippen LogP contribution in [0.4, 0.5) is 4.79 Å². The number of amides is 3. The Morgan fingerprint density at radius 1 is 1.27 bits per heavy atom. The van der Waals surface area contributed by atoms with E-state index >= 15 is 0 Å². The van der Waals surface area contributed by atoms with Gasteiger partial charge in [0, 0.05) is 6.42 Å². The fourth-order valence-corrected chi connectivity index (χ4v) is 3.79. The smallest absolute Gasteiger partial charge is 0.329 e. The van der Waals surface area contributed by atoms with Gasteiger partial charge in [-0.3, -0.25) is 4.79 Å². The van der Waals surface area contributed by atoms with Crippen LogP contribution in [0.2, 0.25) is 0 Å². The maximum Gasteiger partial charge on any atom is 0.329 e. The molecule has 1 aliphatic carbocycles. The first kappa shape index (κ1) is 13.3. The number of benzene rings is 1. The van der Waals surface area contributed by atoms with Gasteiger partial charge < -0.3 is 10.1 Å². The van der Waals surface area contributed by atoms with E-state index in [1.165, 1.54) is 0 Å². The molecule has 0 bridgehead atoms. The molecule has 1 aromatic rings. The van der Waals surface area contributed by atoms with E-state index in [-0.39, 0.29) is 12.0 Å². The van der Waals surface area contributed by atoms with Crippen LogP contribution in [-0.4, -0.2) is 35.0 Å². The maximum atomic E-state index is 13.0. The zero-order chi connectivity index (χ0) is 15.5. The minimum absolute atomic E-state index is 0.273. The Morgan fingerprint density at radius 2 is 2.05 bits per heavy atom. The molecule has 22 heavy (non-hydrogen) atoms. The number of cyclic esters (lactones) is 1. The number of hydrogen-bond donors (Lipinski definition) is 1. The average Bonchev–Trinajstić information content (AvgIpc) is 3.09. The van der Waals surface area contributed by atoms with Gasteiger partial charge in [-0.15, -0.1) is 0 Å². The highest BCUT2D eigenvalue weighted by Crippen LogP contribution is 2.42. The topological polar surface area (TPSA) is 75.7 Å². The summed E-state index contributed by atoms with van der Waals surface area (Å²) in [6, 6.07) is 6.32. The van der Waals surface area contributed by atoms with Crippen LogP contribution in [-0.2, 0) is 26.3 Å². The van der Waals surface area contributed by atoms with Crippen LogP contribution in [0, 0.1) is 0 Å². The molecular weight excluding hydrogens is 284 g/mol. The number of urea groups is 1. The molecule has 6 nitrogen and oxygen atoms in total. The average molecular weight is 300 g/mol. The summed E-state index contributed by atoms with van der Waals surface area (Å²) in [6.07, 6.45) is 1.35. The summed E-state index contributed by atoms with van der Waals surface area (Å²) in [5, 5.41) is 2.83. The monoisotopic (exact) mass is 300 g/mol. The van der Waals surface area contributed by atoms with Crippen LogP contribution < -0.4 is 5.32 Å². The number of nitrogens with zero attached hydrogens (tertiary/aromatic N) is 1. The number of hydrogen-bond acceptors (Lipinski definition) is 4. The Bertz CT molecular complexity index is 701. The number of rotatable bonds is 1. The van der Waals surface area contributed by atoms with E-state index in [0.717, 1.165) is 22.4 Å². The molecule has 1 spiro atoms. The van der Waals surface area contributed by atoms with Gasteiger partial charge in [0.05, 0.1) is 0 Å². The Kier molecular flexibility index (Phi) is 2.61. The first-order chi connectivity index (χ1) is 10.5. The fraction of sp³-hybridized carbons (Fsp3) is 0.438. The quantitative estimate of drug-likeness (QED) is 0.622. The van der Waals surface area contributed by atoms with E-state index in [9.17, 15) is 14.4 Å². The molecule has 4 rings (SSSR count). The van der Waals surface area contributed by atoms with Gasteiger partial charge in [0.1, 0.15) is 17.7 Å². The van der Waals surface area contributed by atoms with Crippen molar-refractivity contribution >= 4 is 17.9 Å². The van der Waals surface area contributed by atoms with Gasteiger partial charge in [-0.05, 0) is 30.9 Å². The van der Waals surface area contributed by atoms with Crippen molar-refractivity contribution < 1.29 is 19.1 Å². The zero-order valence-electron chi connectivity index (χ0n) is 12.2. The molecule has 3 atom stereocenters. The number of aryl methyl sites for hydroxylation is 1. The predicted molar refractivity (Wildman–Crippen MR) is 75.8 cm³/mol. The van der Waals surface area contributed by atoms with Crippen molar-refractivity contribution in [3.05, 3.63) is 35.4 Å². The van der Waals surface area contributed by atoms with Crippen molar-refractivity contribution in [2.45, 2.75) is 43.9 Å². The van der Waals surface area contributed by atoms with Crippen LogP contribution in [0.15, 0.2) is 24.3 Å². The van der Waals surface area contributed by atoms with Crippen molar-refractivity contribution in [2.24, 2.45) is 0 Å². The predicted octanol–water partition coefficient (Wildman–Crippen LogP) is 1.08. The Morgan fingerprint density at radius 3 is 2.77 bits per heavy atom. The lowest BCUT2D eigenvalue weighted by Gasteiger charge is -2.23. The molecule has 2 aliphatic heterocycles. The van der Waals surface area contributed by atoms with Crippen molar-refractivity contribution in [2.75, 3.05) is 0 Å². The van der Waals surface area contributed by atoms with E-state index in [1.807, 2.05) is 24.3 Å². The summed E-state index contributed by atoms with van der Waals surface area (Å²) in [6.45, 7) is 1.76. The van der Waals surface area contributed by atoms with Crippen molar-refractivity contribution in [3.63, 3.8) is 0 Å². The molecular formula is C16H16N2O4. The summed E-state index contributed by atoms with van der Waals surface area (Å²) in [5.74, 6) is -0.835. The standard InChI is InChI=1S/C16H16N2O4/c1-9-8-12(13(19)22-9)18-14(20)16(17-15(18)21)7-6-10-4-2-3-5-11(10)16/h2-5,9,12H,6-8H2,1H3,(H,17,21)/t9-,12-,16-/m0/s1. The van der Waals surface area contributed by atoms with Gasteiger partial charge in [0.15, 0.2) is 0 Å². The molecule has 0 aromatic heterocycles. The summed E-state index contributed by atoms with van der Waals surface area (Å²) in [5.41, 5.74) is 0.899. The van der Waals surface area contributed by atoms with E-state index < -0.39 is 23.6 Å². The van der Waals surface area contributed by atoms with Gasteiger partial charge in [-0.2, -0.15) is 0 Å². The van der Waals surface area contributed by atoms with Crippen LogP contribution in [0.1, 0.15) is 30.9 Å². The summed E-state index contributed by atoms with van der Waals surface area (Å²) in [4.78, 5) is 38.3. The third-order valence-electron chi connectivity index (χ3n) is 4.83. The Hall–Kier alpha value is -2.37. The molecule has 0 radical (unpaired) electrons. The van der Waals surface area contributed by atoms with Gasteiger partial charge in [0.25, 0.3) is 5.91 Å². The highest BCUT2D eigenvalue weighted by atomic mass is 16.6.